The molecule has 0 spiro atoms. The van der Waals surface area contributed by atoms with Gasteiger partial charge in [-0.25, -0.2) is 13.2 Å². The first-order valence-electron chi connectivity index (χ1n) is 20.2. The molecule has 17 nitrogen and oxygen atoms in total. The van der Waals surface area contributed by atoms with Gasteiger partial charge in [0.2, 0.25) is 15.9 Å². The number of allylic oxidation sites excluding steroid dienone is 3. The maximum absolute atomic E-state index is 14.2. The zero-order valence-electron chi connectivity index (χ0n) is 35.8. The number of carbonyl (C=O) groups excluding carboxylic acids is 5. The number of aliphatic hydroxyl groups is 1. The average Bonchev–Trinajstić information content (AvgIpc) is 3.80. The molecule has 0 radical (unpaired) electrons. The summed E-state index contributed by atoms with van der Waals surface area (Å²) in [5.74, 6) is -2.73. The van der Waals surface area contributed by atoms with Crippen LogP contribution in [0.3, 0.4) is 0 Å². The highest BCUT2D eigenvalue weighted by atomic mass is 35.5. The number of fused-ring (bicyclic) bond motifs is 5. The highest BCUT2D eigenvalue weighted by molar-refractivity contribution is 7.89. The summed E-state index contributed by atoms with van der Waals surface area (Å²) in [7, 11) is 1.71. The number of amides is 4. The quantitative estimate of drug-likeness (QED) is 0.125. The van der Waals surface area contributed by atoms with E-state index in [-0.39, 0.29) is 42.0 Å². The van der Waals surface area contributed by atoms with Crippen molar-refractivity contribution in [1.29, 1.82) is 0 Å². The van der Waals surface area contributed by atoms with Gasteiger partial charge in [-0.1, -0.05) is 55.2 Å². The number of hydrogen-bond donors (Lipinski definition) is 2. The van der Waals surface area contributed by atoms with Crippen LogP contribution in [0.15, 0.2) is 48.1 Å². The fraction of sp³-hybridized carbons (Fsp3) is 0.595. The summed E-state index contributed by atoms with van der Waals surface area (Å²) in [6.07, 6.45) is 4.57. The van der Waals surface area contributed by atoms with Crippen LogP contribution in [0.2, 0.25) is 5.02 Å². The molecule has 0 aromatic heterocycles. The largest absolute Gasteiger partial charge is 0.495 e. The molecular weight excluding hydrogens is 836 g/mol. The number of halogens is 1. The van der Waals surface area contributed by atoms with Crippen molar-refractivity contribution in [2.24, 2.45) is 5.92 Å². The predicted octanol–water partition coefficient (Wildman–Crippen LogP) is 3.80. The minimum absolute atomic E-state index is 0.105. The number of methoxy groups -OCH3 is 2. The van der Waals surface area contributed by atoms with Crippen LogP contribution in [0.5, 0.6) is 5.75 Å². The fourth-order valence-electron chi connectivity index (χ4n) is 7.94. The van der Waals surface area contributed by atoms with Gasteiger partial charge in [0.25, 0.3) is 11.8 Å². The molecule has 2 fully saturated rings. The van der Waals surface area contributed by atoms with E-state index in [1.54, 1.807) is 38.1 Å². The molecule has 4 amide bonds. The second-order valence-corrected chi connectivity index (χ2v) is 18.8. The predicted molar refractivity (Wildman–Crippen MR) is 224 cm³/mol. The Morgan fingerprint density at radius 1 is 1.11 bits per heavy atom. The summed E-state index contributed by atoms with van der Waals surface area (Å²) in [4.78, 5) is 67.1. The number of unbranched alkanes of at least 4 members (excludes halogenated alkanes) is 3. The smallest absolute Gasteiger partial charge is 0.409 e. The Bertz CT molecular complexity index is 2060. The van der Waals surface area contributed by atoms with Crippen molar-refractivity contribution in [1.82, 2.24) is 14.5 Å². The number of benzene rings is 1. The minimum atomic E-state index is -3.97. The summed E-state index contributed by atoms with van der Waals surface area (Å²) in [5, 5.41) is 14.4. The van der Waals surface area contributed by atoms with Crippen molar-refractivity contribution in [3.05, 3.63) is 58.7 Å². The molecule has 1 unspecified atom stereocenters. The molecule has 2 N–H and O–H groups in total. The summed E-state index contributed by atoms with van der Waals surface area (Å²) >= 11 is 6.77. The fourth-order valence-corrected chi connectivity index (χ4v) is 9.67. The number of hydrogen-bond acceptors (Lipinski definition) is 13. The number of nitrogens with one attached hydrogen (secondary N) is 1. The zero-order valence-corrected chi connectivity index (χ0v) is 37.4. The maximum Gasteiger partial charge on any atom is 0.409 e. The Morgan fingerprint density at radius 3 is 2.44 bits per heavy atom. The highest BCUT2D eigenvalue weighted by Crippen LogP contribution is 2.49. The Hall–Kier alpha value is -4.33. The van der Waals surface area contributed by atoms with Gasteiger partial charge in [0.05, 0.1) is 31.1 Å². The minimum Gasteiger partial charge on any atom is -0.495 e. The van der Waals surface area contributed by atoms with Crippen molar-refractivity contribution in [3.8, 4) is 5.75 Å². The van der Waals surface area contributed by atoms with Gasteiger partial charge in [0.1, 0.15) is 40.7 Å². The van der Waals surface area contributed by atoms with Crippen LogP contribution >= 0.6 is 11.6 Å². The number of esters is 1. The van der Waals surface area contributed by atoms with Gasteiger partial charge >= 0.3 is 12.1 Å². The molecule has 2 saturated heterocycles. The van der Waals surface area contributed by atoms with Crippen molar-refractivity contribution in [2.45, 2.75) is 114 Å². The molecule has 0 aliphatic carbocycles. The van der Waals surface area contributed by atoms with Gasteiger partial charge in [-0.3, -0.25) is 29.4 Å². The summed E-state index contributed by atoms with van der Waals surface area (Å²) in [6.45, 7) is 6.93. The highest BCUT2D eigenvalue weighted by Gasteiger charge is 2.64. The van der Waals surface area contributed by atoms with E-state index < -0.39 is 82.1 Å². The summed E-state index contributed by atoms with van der Waals surface area (Å²) < 4.78 is 56.9. The lowest BCUT2D eigenvalue weighted by Crippen LogP contribution is -2.63. The van der Waals surface area contributed by atoms with Gasteiger partial charge in [0, 0.05) is 52.2 Å². The number of ether oxygens (including phenoxy) is 5. The van der Waals surface area contributed by atoms with Crippen LogP contribution in [0.4, 0.5) is 10.5 Å². The normalized spacial score (nSPS) is 28.9. The van der Waals surface area contributed by atoms with E-state index in [1.165, 1.54) is 52.3 Å². The molecular formula is C42H57ClN4O13S. The van der Waals surface area contributed by atoms with Gasteiger partial charge in [0.15, 0.2) is 5.72 Å². The van der Waals surface area contributed by atoms with Crippen molar-refractivity contribution >= 4 is 57.1 Å². The molecule has 4 aliphatic heterocycles. The Morgan fingerprint density at radius 2 is 1.79 bits per heavy atom. The van der Waals surface area contributed by atoms with Crippen molar-refractivity contribution < 1.29 is 61.2 Å². The van der Waals surface area contributed by atoms with E-state index >= 15 is 0 Å². The van der Waals surface area contributed by atoms with E-state index in [4.69, 9.17) is 35.3 Å². The number of alkyl carbamates (subject to hydrolysis) is 1. The number of imide groups is 1. The Labute approximate surface area is 362 Å². The zero-order chi connectivity index (χ0) is 45.0. The van der Waals surface area contributed by atoms with Crippen LogP contribution < -0.4 is 15.0 Å². The van der Waals surface area contributed by atoms with Crippen LogP contribution in [-0.4, -0.2) is 135 Å². The number of anilines is 1. The van der Waals surface area contributed by atoms with Gasteiger partial charge in [-0.05, 0) is 57.7 Å². The lowest BCUT2D eigenvalue weighted by atomic mass is 9.83. The van der Waals surface area contributed by atoms with E-state index in [2.05, 4.69) is 5.32 Å². The molecule has 4 heterocycles. The SMILES string of the molecule is COc1cc2cc(c1Cl)N(C)C(=O)C[C@H](OC(=O)[C@H](C)N(C)S(=O)(=O)CCCCCCN1C(=O)C=CC1=O)[C@]1(C)OC1[C@H](C)[C@@H]1C[C@@](O)(NC(=O)O1)[C@H](OC)C=CC=C(C)C2. The van der Waals surface area contributed by atoms with Crippen LogP contribution in [-0.2, 0) is 54.6 Å². The molecule has 4 bridgehead atoms. The molecule has 4 aliphatic rings. The molecule has 8 atom stereocenters. The molecule has 1 aromatic rings. The number of likely N-dealkylation sites (N-methyl/N-ethyl adjacent to an activating group) is 1. The van der Waals surface area contributed by atoms with Crippen LogP contribution in [0, 0.1) is 5.92 Å². The summed E-state index contributed by atoms with van der Waals surface area (Å²) in [5.41, 5.74) is -1.22. The topological polar surface area (TPSA) is 211 Å². The number of epoxide rings is 1. The van der Waals surface area contributed by atoms with E-state index in [0.717, 1.165) is 20.3 Å². The van der Waals surface area contributed by atoms with Crippen LogP contribution in [0.1, 0.15) is 71.8 Å². The lowest BCUT2D eigenvalue weighted by Gasteiger charge is -2.42. The first-order valence-corrected chi connectivity index (χ1v) is 22.2. The first kappa shape index (κ1) is 47.7. The second kappa shape index (κ2) is 19.4. The third kappa shape index (κ3) is 10.8. The summed E-state index contributed by atoms with van der Waals surface area (Å²) in [6, 6.07) is 2.21. The molecule has 0 saturated carbocycles. The monoisotopic (exact) mass is 892 g/mol. The number of nitrogens with zero attached hydrogens (tertiary/aromatic N) is 3. The second-order valence-electron chi connectivity index (χ2n) is 16.3. The first-order chi connectivity index (χ1) is 28.6. The molecule has 336 valence electrons. The standard InChI is InChI=1S/C42H57ClN4O13S/c1-25-14-13-15-32(57-8)42(53)24-31(58-40(52)44-42)26(2)38-41(4,60-38)33(23-36(50)45(5)29-21-28(20-25)22-30(56-7)37(29)43)59-39(51)27(3)46(6)61(54,55)19-12-10-9-11-18-47-34(48)16-17-35(47)49/h13-17,21-22,26-27,31-33,38,53H,9-12,18-20,23-24H2,1-8H3,(H,44,52)/t26-,27+,31+,32-,33+,38?,41+,42+/m1/s1. The lowest BCUT2D eigenvalue weighted by molar-refractivity contribution is -0.157. The molecule has 1 aromatic carbocycles. The molecule has 5 rings (SSSR count). The average molecular weight is 893 g/mol. The number of sulfonamides is 1. The third-order valence-electron chi connectivity index (χ3n) is 12.0. The van der Waals surface area contributed by atoms with E-state index in [1.807, 2.05) is 13.0 Å². The van der Waals surface area contributed by atoms with Gasteiger partial charge in [-0.15, -0.1) is 0 Å². The number of rotatable bonds is 13. The van der Waals surface area contributed by atoms with E-state index in [0.29, 0.717) is 37.1 Å². The van der Waals surface area contributed by atoms with Gasteiger partial charge in [-0.2, -0.15) is 4.31 Å². The third-order valence-corrected chi connectivity index (χ3v) is 14.3. The Balaban J connectivity index is 1.38. The van der Waals surface area contributed by atoms with E-state index in [9.17, 15) is 37.5 Å². The number of carbonyl (C=O) groups is 5. The van der Waals surface area contributed by atoms with Gasteiger partial charge < -0.3 is 33.7 Å². The van der Waals surface area contributed by atoms with Crippen LogP contribution in [0.25, 0.3) is 0 Å². The van der Waals surface area contributed by atoms with Crippen molar-refractivity contribution in [2.75, 3.05) is 45.5 Å². The van der Waals surface area contributed by atoms with Crippen molar-refractivity contribution in [3.63, 3.8) is 0 Å². The maximum atomic E-state index is 14.2. The molecule has 61 heavy (non-hydrogen) atoms. The Kier molecular flexibility index (Phi) is 15.2. The molecule has 19 heteroatoms.